The lowest BCUT2D eigenvalue weighted by molar-refractivity contribution is 0.271. The summed E-state index contributed by atoms with van der Waals surface area (Å²) < 4.78 is 0. The Morgan fingerprint density at radius 1 is 1.27 bits per heavy atom. The molecule has 0 spiro atoms. The van der Waals surface area contributed by atoms with Crippen LogP contribution in [0.2, 0.25) is 0 Å². The highest BCUT2D eigenvalue weighted by Gasteiger charge is 2.08. The molecule has 0 aliphatic heterocycles. The number of rotatable bonds is 9. The summed E-state index contributed by atoms with van der Waals surface area (Å²) in [6, 6.07) is 1.39. The molecule has 0 bridgehead atoms. The zero-order valence-corrected chi connectivity index (χ0v) is 11.9. The van der Waals surface area contributed by atoms with Crippen molar-refractivity contribution >= 4 is 11.8 Å². The molecule has 0 aromatic rings. The fraction of sp³-hybridized carbons (Fsp3) is 1.00. The Balaban J connectivity index is 3.57. The predicted octanol–water partition coefficient (Wildman–Crippen LogP) is 2.45. The van der Waals surface area contributed by atoms with Crippen molar-refractivity contribution in [1.82, 2.24) is 10.2 Å². The SMILES string of the molecule is CCC(CC)NCCN(C)C(C)CSC. The Morgan fingerprint density at radius 2 is 1.87 bits per heavy atom. The lowest BCUT2D eigenvalue weighted by Crippen LogP contribution is -2.39. The van der Waals surface area contributed by atoms with Crippen LogP contribution >= 0.6 is 11.8 Å². The third kappa shape index (κ3) is 7.20. The first-order chi connectivity index (χ1) is 7.15. The third-order valence-corrected chi connectivity index (χ3v) is 3.86. The minimum atomic E-state index is 0.684. The third-order valence-electron chi connectivity index (χ3n) is 3.04. The minimum absolute atomic E-state index is 0.684. The van der Waals surface area contributed by atoms with Crippen LogP contribution in [0.5, 0.6) is 0 Å². The average molecular weight is 232 g/mol. The van der Waals surface area contributed by atoms with Gasteiger partial charge >= 0.3 is 0 Å². The lowest BCUT2D eigenvalue weighted by atomic mass is 10.2. The van der Waals surface area contributed by atoms with E-state index in [2.05, 4.69) is 44.3 Å². The molecule has 1 atom stereocenters. The first-order valence-electron chi connectivity index (χ1n) is 6.08. The highest BCUT2D eigenvalue weighted by atomic mass is 32.2. The lowest BCUT2D eigenvalue weighted by Gasteiger charge is -2.25. The summed E-state index contributed by atoms with van der Waals surface area (Å²) in [6.07, 6.45) is 4.65. The van der Waals surface area contributed by atoms with E-state index in [0.29, 0.717) is 12.1 Å². The fourth-order valence-corrected chi connectivity index (χ4v) is 2.35. The van der Waals surface area contributed by atoms with Crippen LogP contribution in [0.3, 0.4) is 0 Å². The summed E-state index contributed by atoms with van der Waals surface area (Å²) in [5, 5.41) is 3.60. The highest BCUT2D eigenvalue weighted by Crippen LogP contribution is 2.03. The largest absolute Gasteiger partial charge is 0.313 e. The summed E-state index contributed by atoms with van der Waals surface area (Å²) in [7, 11) is 2.22. The Kier molecular flexibility index (Phi) is 9.66. The van der Waals surface area contributed by atoms with Crippen molar-refractivity contribution in [1.29, 1.82) is 0 Å². The Hall–Kier alpha value is 0.270. The van der Waals surface area contributed by atoms with Crippen LogP contribution in [0.4, 0.5) is 0 Å². The number of thioether (sulfide) groups is 1. The molecule has 0 heterocycles. The maximum absolute atomic E-state index is 3.60. The Morgan fingerprint density at radius 3 is 2.33 bits per heavy atom. The van der Waals surface area contributed by atoms with Crippen LogP contribution in [0.25, 0.3) is 0 Å². The van der Waals surface area contributed by atoms with Gasteiger partial charge in [-0.25, -0.2) is 0 Å². The van der Waals surface area contributed by atoms with Crippen LogP contribution in [0, 0.1) is 0 Å². The van der Waals surface area contributed by atoms with Gasteiger partial charge in [-0.05, 0) is 33.1 Å². The van der Waals surface area contributed by atoms with Gasteiger partial charge in [0, 0.05) is 30.9 Å². The van der Waals surface area contributed by atoms with E-state index in [9.17, 15) is 0 Å². The Labute approximate surface area is 100 Å². The van der Waals surface area contributed by atoms with Crippen LogP contribution < -0.4 is 5.32 Å². The van der Waals surface area contributed by atoms with Crippen molar-refractivity contribution in [2.45, 2.75) is 45.7 Å². The zero-order valence-electron chi connectivity index (χ0n) is 11.0. The highest BCUT2D eigenvalue weighted by molar-refractivity contribution is 7.98. The van der Waals surface area contributed by atoms with E-state index in [0.717, 1.165) is 13.1 Å². The van der Waals surface area contributed by atoms with E-state index in [1.165, 1.54) is 18.6 Å². The van der Waals surface area contributed by atoms with Gasteiger partial charge in [0.2, 0.25) is 0 Å². The number of hydrogen-bond donors (Lipinski definition) is 1. The first-order valence-corrected chi connectivity index (χ1v) is 7.47. The second-order valence-corrected chi connectivity index (χ2v) is 5.16. The smallest absolute Gasteiger partial charge is 0.0155 e. The maximum atomic E-state index is 3.60. The molecule has 0 amide bonds. The van der Waals surface area contributed by atoms with Gasteiger partial charge in [0.25, 0.3) is 0 Å². The molecule has 0 rings (SSSR count). The summed E-state index contributed by atoms with van der Waals surface area (Å²) in [4.78, 5) is 2.44. The molecule has 1 unspecified atom stereocenters. The van der Waals surface area contributed by atoms with Crippen molar-refractivity contribution in [3.63, 3.8) is 0 Å². The average Bonchev–Trinajstić information content (AvgIpc) is 2.24. The molecule has 0 aliphatic rings. The molecule has 0 saturated heterocycles. The van der Waals surface area contributed by atoms with Crippen molar-refractivity contribution in [2.24, 2.45) is 0 Å². The monoisotopic (exact) mass is 232 g/mol. The first kappa shape index (κ1) is 15.3. The number of likely N-dealkylation sites (N-methyl/N-ethyl adjacent to an activating group) is 1. The standard InChI is InChI=1S/C12H28N2S/c1-6-12(7-2)13-8-9-14(4)11(3)10-15-5/h11-13H,6-10H2,1-5H3. The van der Waals surface area contributed by atoms with E-state index in [-0.39, 0.29) is 0 Å². The molecule has 15 heavy (non-hydrogen) atoms. The van der Waals surface area contributed by atoms with Crippen LogP contribution in [0.15, 0.2) is 0 Å². The number of hydrogen-bond acceptors (Lipinski definition) is 3. The normalized spacial score (nSPS) is 13.8. The van der Waals surface area contributed by atoms with Gasteiger partial charge in [-0.15, -0.1) is 0 Å². The predicted molar refractivity (Wildman–Crippen MR) is 72.8 cm³/mol. The minimum Gasteiger partial charge on any atom is -0.313 e. The van der Waals surface area contributed by atoms with Gasteiger partial charge in [-0.3, -0.25) is 0 Å². The topological polar surface area (TPSA) is 15.3 Å². The van der Waals surface area contributed by atoms with E-state index in [1.807, 2.05) is 11.8 Å². The van der Waals surface area contributed by atoms with E-state index < -0.39 is 0 Å². The van der Waals surface area contributed by atoms with Crippen molar-refractivity contribution in [3.8, 4) is 0 Å². The van der Waals surface area contributed by atoms with Crippen LogP contribution in [-0.2, 0) is 0 Å². The molecular formula is C12H28N2S. The summed E-state index contributed by atoms with van der Waals surface area (Å²) in [5.41, 5.74) is 0. The number of nitrogens with one attached hydrogen (secondary N) is 1. The summed E-state index contributed by atoms with van der Waals surface area (Å²) in [6.45, 7) is 9.07. The Bertz CT molecular complexity index is 138. The van der Waals surface area contributed by atoms with E-state index in [4.69, 9.17) is 0 Å². The van der Waals surface area contributed by atoms with Gasteiger partial charge in [-0.1, -0.05) is 13.8 Å². The fourth-order valence-electron chi connectivity index (χ4n) is 1.61. The summed E-state index contributed by atoms with van der Waals surface area (Å²) in [5.74, 6) is 1.22. The molecule has 0 saturated carbocycles. The van der Waals surface area contributed by atoms with Gasteiger partial charge in [0.05, 0.1) is 0 Å². The van der Waals surface area contributed by atoms with Gasteiger partial charge in [0.15, 0.2) is 0 Å². The zero-order chi connectivity index (χ0) is 11.7. The van der Waals surface area contributed by atoms with Crippen LogP contribution in [-0.4, -0.2) is 49.1 Å². The van der Waals surface area contributed by atoms with Crippen LogP contribution in [0.1, 0.15) is 33.6 Å². The molecule has 3 heteroatoms. The molecule has 0 fully saturated rings. The van der Waals surface area contributed by atoms with E-state index in [1.54, 1.807) is 0 Å². The molecule has 92 valence electrons. The van der Waals surface area contributed by atoms with Gasteiger partial charge in [-0.2, -0.15) is 11.8 Å². The molecule has 1 N–H and O–H groups in total. The van der Waals surface area contributed by atoms with Crippen molar-refractivity contribution in [3.05, 3.63) is 0 Å². The second kappa shape index (κ2) is 9.49. The summed E-state index contributed by atoms with van der Waals surface area (Å²) >= 11 is 1.92. The number of nitrogens with zero attached hydrogens (tertiary/aromatic N) is 1. The van der Waals surface area contributed by atoms with Crippen molar-refractivity contribution < 1.29 is 0 Å². The molecule has 0 aromatic heterocycles. The van der Waals surface area contributed by atoms with Gasteiger partial charge < -0.3 is 10.2 Å². The molecule has 0 radical (unpaired) electrons. The van der Waals surface area contributed by atoms with Crippen molar-refractivity contribution in [2.75, 3.05) is 32.1 Å². The molecule has 0 aromatic carbocycles. The molecule has 2 nitrogen and oxygen atoms in total. The molecule has 0 aliphatic carbocycles. The van der Waals surface area contributed by atoms with E-state index >= 15 is 0 Å². The molecular weight excluding hydrogens is 204 g/mol. The quantitative estimate of drug-likeness (QED) is 0.657. The second-order valence-electron chi connectivity index (χ2n) is 4.25. The van der Waals surface area contributed by atoms with Gasteiger partial charge in [0.1, 0.15) is 0 Å². The maximum Gasteiger partial charge on any atom is 0.0155 e.